The van der Waals surface area contributed by atoms with Crippen molar-refractivity contribution in [1.29, 1.82) is 0 Å². The van der Waals surface area contributed by atoms with Crippen LogP contribution in [-0.2, 0) is 14.8 Å². The molecule has 0 radical (unpaired) electrons. The summed E-state index contributed by atoms with van der Waals surface area (Å²) in [5.74, 6) is 1.58. The lowest BCUT2D eigenvalue weighted by Gasteiger charge is -2.60. The Morgan fingerprint density at radius 3 is 2.28 bits per heavy atom. The first kappa shape index (κ1) is 20.9. The minimum Gasteiger partial charge on any atom is -0.478 e. The third-order valence-electron chi connectivity index (χ3n) is 6.71. The van der Waals surface area contributed by atoms with Gasteiger partial charge in [-0.05, 0) is 88.0 Å². The van der Waals surface area contributed by atoms with E-state index in [9.17, 15) is 13.2 Å². The summed E-state index contributed by atoms with van der Waals surface area (Å²) in [6.45, 7) is 3.53. The Labute approximate surface area is 177 Å². The third-order valence-corrected chi connectivity index (χ3v) is 7.76. The summed E-state index contributed by atoms with van der Waals surface area (Å²) in [5.41, 5.74) is -1.36. The summed E-state index contributed by atoms with van der Waals surface area (Å²) in [6.07, 6.45) is 5.83. The van der Waals surface area contributed by atoms with Crippen LogP contribution in [0.1, 0.15) is 46.0 Å². The largest absolute Gasteiger partial charge is 0.478 e. The molecule has 0 unspecified atom stereocenters. The smallest absolute Gasteiger partial charge is 0.263 e. The molecule has 6 nitrogen and oxygen atoms in total. The second kappa shape index (κ2) is 7.13. The number of halogens is 1. The summed E-state index contributed by atoms with van der Waals surface area (Å²) in [7, 11) is -3.25. The number of sulfonamides is 1. The van der Waals surface area contributed by atoms with Crippen LogP contribution in [0.3, 0.4) is 0 Å². The van der Waals surface area contributed by atoms with Crippen LogP contribution in [0.15, 0.2) is 24.3 Å². The highest BCUT2D eigenvalue weighted by molar-refractivity contribution is 7.88. The molecule has 2 N–H and O–H groups in total. The standard InChI is InChI=1S/C21H29ClN2O4S/c1-20(2,28-17-6-4-16(22)5-7-17)19(25)23-18-14-8-13-9-15(18)12-21(10-13,11-14)24-29(3,26)27/h4-7,13-15,18,24H,8-12H2,1-3H3,(H,23,25)/t13?,14-,15-,18?,21?/m0/s1. The van der Waals surface area contributed by atoms with E-state index in [1.165, 1.54) is 6.26 Å². The van der Waals surface area contributed by atoms with E-state index in [2.05, 4.69) is 10.0 Å². The fraction of sp³-hybridized carbons (Fsp3) is 0.667. The summed E-state index contributed by atoms with van der Waals surface area (Å²) in [4.78, 5) is 13.1. The fourth-order valence-corrected chi connectivity index (χ4v) is 7.11. The van der Waals surface area contributed by atoms with Crippen molar-refractivity contribution in [3.63, 3.8) is 0 Å². The molecule has 2 atom stereocenters. The summed E-state index contributed by atoms with van der Waals surface area (Å²) in [5, 5.41) is 3.86. The van der Waals surface area contributed by atoms with Crippen LogP contribution in [0.5, 0.6) is 5.75 Å². The van der Waals surface area contributed by atoms with Gasteiger partial charge in [-0.2, -0.15) is 0 Å². The average Bonchev–Trinajstić information content (AvgIpc) is 2.57. The number of carbonyl (C=O) groups is 1. The molecule has 0 aliphatic heterocycles. The first-order valence-electron chi connectivity index (χ1n) is 10.2. The lowest BCUT2D eigenvalue weighted by atomic mass is 9.51. The number of amides is 1. The second-order valence-corrected chi connectivity index (χ2v) is 11.9. The highest BCUT2D eigenvalue weighted by Crippen LogP contribution is 2.56. The van der Waals surface area contributed by atoms with Gasteiger partial charge in [-0.1, -0.05) is 11.6 Å². The van der Waals surface area contributed by atoms with Crippen molar-refractivity contribution in [2.75, 3.05) is 6.26 Å². The van der Waals surface area contributed by atoms with Crippen molar-refractivity contribution in [2.24, 2.45) is 17.8 Å². The van der Waals surface area contributed by atoms with Gasteiger partial charge >= 0.3 is 0 Å². The van der Waals surface area contributed by atoms with E-state index < -0.39 is 15.6 Å². The molecule has 1 amide bonds. The third kappa shape index (κ3) is 4.42. The average molecular weight is 441 g/mol. The summed E-state index contributed by atoms with van der Waals surface area (Å²) < 4.78 is 32.7. The first-order valence-corrected chi connectivity index (χ1v) is 12.5. The van der Waals surface area contributed by atoms with Crippen LogP contribution in [-0.4, -0.2) is 37.8 Å². The molecule has 0 heterocycles. The molecular formula is C21H29ClN2O4S. The maximum atomic E-state index is 13.1. The lowest BCUT2D eigenvalue weighted by Crippen LogP contribution is -2.67. The van der Waals surface area contributed by atoms with Gasteiger partial charge in [0.1, 0.15) is 5.75 Å². The summed E-state index contributed by atoms with van der Waals surface area (Å²) >= 11 is 5.92. The molecule has 4 aliphatic rings. The molecule has 1 aromatic rings. The van der Waals surface area contributed by atoms with Crippen molar-refractivity contribution in [1.82, 2.24) is 10.0 Å². The van der Waals surface area contributed by atoms with E-state index in [1.54, 1.807) is 38.1 Å². The number of hydrogen-bond acceptors (Lipinski definition) is 4. The Morgan fingerprint density at radius 1 is 1.14 bits per heavy atom. The van der Waals surface area contributed by atoms with E-state index in [1.807, 2.05) is 0 Å². The van der Waals surface area contributed by atoms with E-state index in [-0.39, 0.29) is 17.5 Å². The van der Waals surface area contributed by atoms with E-state index in [0.717, 1.165) is 32.1 Å². The van der Waals surface area contributed by atoms with Crippen molar-refractivity contribution in [3.05, 3.63) is 29.3 Å². The van der Waals surface area contributed by atoms with Gasteiger partial charge in [-0.15, -0.1) is 0 Å². The van der Waals surface area contributed by atoms with E-state index in [4.69, 9.17) is 16.3 Å². The number of rotatable bonds is 6. The van der Waals surface area contributed by atoms with Crippen molar-refractivity contribution in [2.45, 2.75) is 63.1 Å². The van der Waals surface area contributed by atoms with Crippen LogP contribution < -0.4 is 14.8 Å². The normalized spacial score (nSPS) is 33.5. The van der Waals surface area contributed by atoms with Gasteiger partial charge in [0.2, 0.25) is 10.0 Å². The Bertz CT molecular complexity index is 884. The highest BCUT2D eigenvalue weighted by atomic mass is 35.5. The predicted octanol–water partition coefficient (Wildman–Crippen LogP) is 3.11. The van der Waals surface area contributed by atoms with Crippen molar-refractivity contribution < 1.29 is 17.9 Å². The Morgan fingerprint density at radius 2 is 1.72 bits per heavy atom. The molecule has 4 bridgehead atoms. The SMILES string of the molecule is CC(C)(Oc1ccc(Cl)cc1)C(=O)NC1[C@H]2CC3C[C@H]1CC(NS(C)(=O)=O)(C3)C2. The zero-order valence-corrected chi connectivity index (χ0v) is 18.6. The number of carbonyl (C=O) groups excluding carboxylic acids is 1. The van der Waals surface area contributed by atoms with Crippen LogP contribution >= 0.6 is 11.6 Å². The number of ether oxygens (including phenoxy) is 1. The Hall–Kier alpha value is -1.31. The van der Waals surface area contributed by atoms with Crippen LogP contribution in [0.25, 0.3) is 0 Å². The van der Waals surface area contributed by atoms with Gasteiger partial charge in [0.15, 0.2) is 5.60 Å². The Balaban J connectivity index is 1.45. The second-order valence-electron chi connectivity index (χ2n) is 9.69. The monoisotopic (exact) mass is 440 g/mol. The highest BCUT2D eigenvalue weighted by Gasteiger charge is 2.57. The fourth-order valence-electron chi connectivity index (χ4n) is 5.95. The number of nitrogens with one attached hydrogen (secondary N) is 2. The maximum Gasteiger partial charge on any atom is 0.263 e. The molecular weight excluding hydrogens is 412 g/mol. The predicted molar refractivity (Wildman–Crippen MR) is 112 cm³/mol. The zero-order chi connectivity index (χ0) is 21.0. The minimum atomic E-state index is -3.25. The van der Waals surface area contributed by atoms with Gasteiger partial charge in [0.05, 0.1) is 6.26 Å². The molecule has 4 fully saturated rings. The van der Waals surface area contributed by atoms with Gasteiger partial charge in [0.25, 0.3) is 5.91 Å². The number of benzene rings is 1. The first-order chi connectivity index (χ1) is 13.4. The molecule has 160 valence electrons. The van der Waals surface area contributed by atoms with Crippen LogP contribution in [0.2, 0.25) is 5.02 Å². The van der Waals surface area contributed by atoms with E-state index >= 15 is 0 Å². The lowest BCUT2D eigenvalue weighted by molar-refractivity contribution is -0.138. The van der Waals surface area contributed by atoms with Gasteiger partial charge in [-0.25, -0.2) is 13.1 Å². The van der Waals surface area contributed by atoms with Gasteiger partial charge in [0, 0.05) is 16.6 Å². The maximum absolute atomic E-state index is 13.1. The molecule has 5 rings (SSSR count). The van der Waals surface area contributed by atoms with Crippen molar-refractivity contribution in [3.8, 4) is 5.75 Å². The van der Waals surface area contributed by atoms with Crippen LogP contribution in [0.4, 0.5) is 0 Å². The minimum absolute atomic E-state index is 0.0710. The van der Waals surface area contributed by atoms with E-state index in [0.29, 0.717) is 28.5 Å². The van der Waals surface area contributed by atoms with Gasteiger partial charge in [-0.3, -0.25) is 4.79 Å². The molecule has 4 aliphatic carbocycles. The topological polar surface area (TPSA) is 84.5 Å². The quantitative estimate of drug-likeness (QED) is 0.711. The molecule has 8 heteroatoms. The molecule has 0 saturated heterocycles. The molecule has 29 heavy (non-hydrogen) atoms. The van der Waals surface area contributed by atoms with Crippen molar-refractivity contribution >= 4 is 27.5 Å². The Kier molecular flexibility index (Phi) is 5.15. The summed E-state index contributed by atoms with van der Waals surface area (Å²) in [6, 6.07) is 7.04. The number of hydrogen-bond donors (Lipinski definition) is 2. The zero-order valence-electron chi connectivity index (χ0n) is 17.1. The van der Waals surface area contributed by atoms with Gasteiger partial charge < -0.3 is 10.1 Å². The molecule has 4 saturated carbocycles. The molecule has 1 aromatic carbocycles. The molecule has 0 spiro atoms. The van der Waals surface area contributed by atoms with Crippen LogP contribution in [0, 0.1) is 17.8 Å². The molecule has 0 aromatic heterocycles.